The molecular weight excluding hydrogens is 390 g/mol. The Hall–Kier alpha value is -2.16. The van der Waals surface area contributed by atoms with Crippen molar-refractivity contribution in [2.24, 2.45) is 0 Å². The Morgan fingerprint density at radius 1 is 1.21 bits per heavy atom. The summed E-state index contributed by atoms with van der Waals surface area (Å²) in [6.45, 7) is 9.88. The number of nitrogens with zero attached hydrogens (tertiary/aromatic N) is 1. The molecule has 0 unspecified atom stereocenters. The second-order valence-electron chi connectivity index (χ2n) is 7.86. The molecule has 8 heteroatoms. The van der Waals surface area contributed by atoms with E-state index in [1.807, 2.05) is 45.9 Å². The highest BCUT2D eigenvalue weighted by molar-refractivity contribution is 7.89. The maximum atomic E-state index is 13.2. The zero-order chi connectivity index (χ0) is 21.2. The lowest BCUT2D eigenvalue weighted by Crippen LogP contribution is -3.15. The number of nitrogens with one attached hydrogen (secondary N) is 2. The third-order valence-electron chi connectivity index (χ3n) is 5.39. The van der Waals surface area contributed by atoms with Crippen LogP contribution in [0, 0.1) is 20.8 Å². The summed E-state index contributed by atoms with van der Waals surface area (Å²) in [5, 5.41) is 2.93. The lowest BCUT2D eigenvalue weighted by atomic mass is 10.1. The fourth-order valence-electron chi connectivity index (χ4n) is 4.05. The number of quaternary nitrogens is 1. The number of rotatable bonds is 6. The zero-order valence-corrected chi connectivity index (χ0v) is 18.3. The molecule has 1 aromatic heterocycles. The van der Waals surface area contributed by atoms with Gasteiger partial charge in [-0.3, -0.25) is 4.79 Å². The molecule has 0 spiro atoms. The number of hydrogen-bond donors (Lipinski definition) is 2. The summed E-state index contributed by atoms with van der Waals surface area (Å²) < 4.78 is 33.2. The molecule has 1 aliphatic rings. The topological polar surface area (TPSA) is 84.1 Å². The van der Waals surface area contributed by atoms with Crippen molar-refractivity contribution in [1.82, 2.24) is 9.62 Å². The van der Waals surface area contributed by atoms with Crippen LogP contribution >= 0.6 is 0 Å². The van der Waals surface area contributed by atoms with Crippen LogP contribution in [0.3, 0.4) is 0 Å². The molecule has 29 heavy (non-hydrogen) atoms. The van der Waals surface area contributed by atoms with E-state index in [0.29, 0.717) is 43.4 Å². The smallest absolute Gasteiger partial charge is 0.275 e. The standard InChI is InChI=1S/C21H29N3O4S/c1-15-12-16(2)21(17(3)13-15)29(26,27)24-9-7-23(8-10-24)14-20(25)22-18(4)19-6-5-11-28-19/h5-6,11-13,18H,7-10,14H2,1-4H3,(H,22,25)/p+1/t18-/m0/s1. The molecule has 0 radical (unpaired) electrons. The number of sulfonamides is 1. The number of hydrogen-bond acceptors (Lipinski definition) is 4. The van der Waals surface area contributed by atoms with Gasteiger partial charge in [0, 0.05) is 0 Å². The molecule has 2 N–H and O–H groups in total. The molecule has 1 aromatic carbocycles. The SMILES string of the molecule is Cc1cc(C)c(S(=O)(=O)N2CC[NH+](CC(=O)N[C@@H](C)c3ccco3)CC2)c(C)c1. The van der Waals surface area contributed by atoms with Gasteiger partial charge >= 0.3 is 0 Å². The van der Waals surface area contributed by atoms with Crippen LogP contribution < -0.4 is 10.2 Å². The van der Waals surface area contributed by atoms with Gasteiger partial charge in [-0.2, -0.15) is 4.31 Å². The largest absolute Gasteiger partial charge is 0.467 e. The molecule has 0 saturated carbocycles. The molecule has 1 amide bonds. The van der Waals surface area contributed by atoms with Gasteiger partial charge in [-0.25, -0.2) is 8.42 Å². The summed E-state index contributed by atoms with van der Waals surface area (Å²) in [5.74, 6) is 0.651. The number of piperazine rings is 1. The highest BCUT2D eigenvalue weighted by Crippen LogP contribution is 2.25. The molecule has 2 heterocycles. The third kappa shape index (κ3) is 4.88. The van der Waals surface area contributed by atoms with Crippen molar-refractivity contribution in [3.63, 3.8) is 0 Å². The van der Waals surface area contributed by atoms with Crippen LogP contribution in [0.1, 0.15) is 35.4 Å². The summed E-state index contributed by atoms with van der Waals surface area (Å²) in [4.78, 5) is 13.8. The van der Waals surface area contributed by atoms with Gasteiger partial charge in [0.2, 0.25) is 10.0 Å². The molecule has 1 atom stereocenters. The molecule has 158 valence electrons. The molecule has 2 aromatic rings. The van der Waals surface area contributed by atoms with E-state index in [-0.39, 0.29) is 11.9 Å². The van der Waals surface area contributed by atoms with Gasteiger partial charge in [-0.05, 0) is 51.0 Å². The summed E-state index contributed by atoms with van der Waals surface area (Å²) in [5.41, 5.74) is 2.62. The van der Waals surface area contributed by atoms with Gasteiger partial charge in [0.1, 0.15) is 5.76 Å². The number of benzene rings is 1. The molecule has 3 rings (SSSR count). The predicted octanol–water partition coefficient (Wildman–Crippen LogP) is 0.971. The summed E-state index contributed by atoms with van der Waals surface area (Å²) in [7, 11) is -3.53. The fraction of sp³-hybridized carbons (Fsp3) is 0.476. The second-order valence-corrected chi connectivity index (χ2v) is 9.74. The minimum Gasteiger partial charge on any atom is -0.467 e. The van der Waals surface area contributed by atoms with Gasteiger partial charge in [0.25, 0.3) is 5.91 Å². The first-order valence-corrected chi connectivity index (χ1v) is 11.4. The van der Waals surface area contributed by atoms with Crippen LogP contribution in [0.15, 0.2) is 39.8 Å². The number of amides is 1. The van der Waals surface area contributed by atoms with E-state index in [2.05, 4.69) is 5.32 Å². The maximum absolute atomic E-state index is 13.2. The number of carbonyl (C=O) groups excluding carboxylic acids is 1. The third-order valence-corrected chi connectivity index (χ3v) is 7.59. The van der Waals surface area contributed by atoms with Crippen molar-refractivity contribution in [2.45, 2.75) is 38.6 Å². The van der Waals surface area contributed by atoms with E-state index in [4.69, 9.17) is 4.42 Å². The molecule has 7 nitrogen and oxygen atoms in total. The van der Waals surface area contributed by atoms with E-state index in [9.17, 15) is 13.2 Å². The molecule has 1 fully saturated rings. The summed E-state index contributed by atoms with van der Waals surface area (Å²) >= 11 is 0. The van der Waals surface area contributed by atoms with E-state index in [1.165, 1.54) is 0 Å². The van der Waals surface area contributed by atoms with Crippen molar-refractivity contribution in [2.75, 3.05) is 32.7 Å². The first-order chi connectivity index (χ1) is 13.7. The Kier molecular flexibility index (Phi) is 6.45. The van der Waals surface area contributed by atoms with Crippen LogP contribution in [0.25, 0.3) is 0 Å². The van der Waals surface area contributed by atoms with E-state index in [1.54, 1.807) is 16.6 Å². The Bertz CT molecular complexity index is 939. The van der Waals surface area contributed by atoms with Gasteiger partial charge in [0.05, 0.1) is 43.4 Å². The first kappa shape index (κ1) is 21.5. The van der Waals surface area contributed by atoms with Crippen LogP contribution in [-0.2, 0) is 14.8 Å². The Labute approximate surface area is 172 Å². The lowest BCUT2D eigenvalue weighted by Gasteiger charge is -2.32. The van der Waals surface area contributed by atoms with E-state index in [0.717, 1.165) is 21.6 Å². The van der Waals surface area contributed by atoms with Crippen LogP contribution in [-0.4, -0.2) is 51.4 Å². The number of furan rings is 1. The predicted molar refractivity (Wildman–Crippen MR) is 110 cm³/mol. The summed E-state index contributed by atoms with van der Waals surface area (Å²) in [6.07, 6.45) is 1.58. The van der Waals surface area contributed by atoms with Crippen LogP contribution in [0.2, 0.25) is 0 Å². The van der Waals surface area contributed by atoms with E-state index >= 15 is 0 Å². The molecule has 1 aliphatic heterocycles. The highest BCUT2D eigenvalue weighted by Gasteiger charge is 2.33. The number of aryl methyl sites for hydroxylation is 3. The molecule has 1 saturated heterocycles. The minimum atomic E-state index is -3.53. The van der Waals surface area contributed by atoms with Crippen molar-refractivity contribution in [3.8, 4) is 0 Å². The Morgan fingerprint density at radius 3 is 2.38 bits per heavy atom. The zero-order valence-electron chi connectivity index (χ0n) is 17.5. The monoisotopic (exact) mass is 420 g/mol. The molecule has 0 aliphatic carbocycles. The summed E-state index contributed by atoms with van der Waals surface area (Å²) in [6, 6.07) is 7.25. The van der Waals surface area contributed by atoms with Gasteiger partial charge in [-0.15, -0.1) is 0 Å². The van der Waals surface area contributed by atoms with Crippen LogP contribution in [0.4, 0.5) is 0 Å². The number of carbonyl (C=O) groups is 1. The van der Waals surface area contributed by atoms with Crippen molar-refractivity contribution in [1.29, 1.82) is 0 Å². The maximum Gasteiger partial charge on any atom is 0.275 e. The normalized spacial score (nSPS) is 17.2. The quantitative estimate of drug-likeness (QED) is 0.730. The Balaban J connectivity index is 1.58. The van der Waals surface area contributed by atoms with Crippen molar-refractivity contribution >= 4 is 15.9 Å². The van der Waals surface area contributed by atoms with Crippen LogP contribution in [0.5, 0.6) is 0 Å². The lowest BCUT2D eigenvalue weighted by molar-refractivity contribution is -0.895. The van der Waals surface area contributed by atoms with Crippen molar-refractivity contribution < 1.29 is 22.5 Å². The average Bonchev–Trinajstić information content (AvgIpc) is 3.15. The molecular formula is C21H30N3O4S+. The minimum absolute atomic E-state index is 0.0644. The molecule has 0 bridgehead atoms. The average molecular weight is 421 g/mol. The highest BCUT2D eigenvalue weighted by atomic mass is 32.2. The fourth-order valence-corrected chi connectivity index (χ4v) is 5.90. The Morgan fingerprint density at radius 2 is 1.83 bits per heavy atom. The van der Waals surface area contributed by atoms with Gasteiger partial charge in [-0.1, -0.05) is 17.7 Å². The first-order valence-electron chi connectivity index (χ1n) is 9.93. The van der Waals surface area contributed by atoms with Gasteiger partial charge < -0.3 is 14.6 Å². The van der Waals surface area contributed by atoms with E-state index < -0.39 is 10.0 Å². The van der Waals surface area contributed by atoms with Gasteiger partial charge in [0.15, 0.2) is 6.54 Å². The second kappa shape index (κ2) is 8.69. The van der Waals surface area contributed by atoms with Crippen molar-refractivity contribution in [3.05, 3.63) is 53.0 Å².